The number of hydrogen-bond donors (Lipinski definition) is 0. The number of esters is 1. The number of nitrogens with zero attached hydrogens (tertiary/aromatic N) is 2. The van der Waals surface area contributed by atoms with Crippen molar-refractivity contribution < 1.29 is 19.0 Å². The summed E-state index contributed by atoms with van der Waals surface area (Å²) in [6, 6.07) is 15.2. The SMILES string of the molecule is CCOC(=O)C1=C(C)N=c2s/c(=C\c3cc(Cl)cc(Br)c3OCc3ccc(Cl)c(Cl)c3)c(=O)n2[C@H]1c1ccccc1OC(C)C. The normalized spacial score (nSPS) is 14.8. The highest BCUT2D eigenvalue weighted by atomic mass is 79.9. The molecule has 0 saturated carbocycles. The minimum atomic E-state index is -0.825. The van der Waals surface area contributed by atoms with Gasteiger partial charge in [-0.15, -0.1) is 0 Å². The number of hydrogen-bond acceptors (Lipinski definition) is 7. The smallest absolute Gasteiger partial charge is 0.338 e. The van der Waals surface area contributed by atoms with Gasteiger partial charge in [0.05, 0.1) is 43.0 Å². The summed E-state index contributed by atoms with van der Waals surface area (Å²) in [5, 5.41) is 1.31. The Kier molecular flexibility index (Phi) is 10.5. The van der Waals surface area contributed by atoms with Crippen LogP contribution in [0.3, 0.4) is 0 Å². The summed E-state index contributed by atoms with van der Waals surface area (Å²) in [7, 11) is 0. The van der Waals surface area contributed by atoms with Crippen molar-refractivity contribution in [1.29, 1.82) is 0 Å². The van der Waals surface area contributed by atoms with E-state index in [0.717, 1.165) is 5.56 Å². The van der Waals surface area contributed by atoms with Crippen LogP contribution in [0.25, 0.3) is 6.08 Å². The van der Waals surface area contributed by atoms with E-state index < -0.39 is 12.0 Å². The predicted molar refractivity (Wildman–Crippen MR) is 183 cm³/mol. The first-order chi connectivity index (χ1) is 21.5. The highest BCUT2D eigenvalue weighted by Gasteiger charge is 2.35. The largest absolute Gasteiger partial charge is 0.491 e. The van der Waals surface area contributed by atoms with Crippen LogP contribution in [0, 0.1) is 0 Å². The van der Waals surface area contributed by atoms with Crippen molar-refractivity contribution in [3.8, 4) is 11.5 Å². The fraction of sp³-hybridized carbons (Fsp3) is 0.242. The van der Waals surface area contributed by atoms with Gasteiger partial charge in [0.15, 0.2) is 4.80 Å². The Hall–Kier alpha value is -3.08. The molecule has 0 radical (unpaired) electrons. The average molecular weight is 751 g/mol. The van der Waals surface area contributed by atoms with E-state index in [9.17, 15) is 9.59 Å². The number of fused-ring (bicyclic) bond motifs is 1. The molecule has 234 valence electrons. The van der Waals surface area contributed by atoms with Crippen LogP contribution in [0.5, 0.6) is 11.5 Å². The van der Waals surface area contributed by atoms with Crippen molar-refractivity contribution in [2.75, 3.05) is 6.61 Å². The van der Waals surface area contributed by atoms with E-state index in [2.05, 4.69) is 20.9 Å². The molecule has 1 aliphatic rings. The second-order valence-corrected chi connectivity index (χ2v) is 13.5. The van der Waals surface area contributed by atoms with E-state index in [-0.39, 0.29) is 30.5 Å². The number of para-hydroxylation sites is 1. The van der Waals surface area contributed by atoms with E-state index in [0.29, 0.717) is 57.2 Å². The summed E-state index contributed by atoms with van der Waals surface area (Å²) in [6.07, 6.45) is 1.57. The summed E-state index contributed by atoms with van der Waals surface area (Å²) in [5.41, 5.74) is 2.41. The Morgan fingerprint density at radius 3 is 2.58 bits per heavy atom. The van der Waals surface area contributed by atoms with Crippen molar-refractivity contribution in [3.63, 3.8) is 0 Å². The zero-order valence-electron chi connectivity index (χ0n) is 24.7. The van der Waals surface area contributed by atoms with E-state index in [1.807, 2.05) is 44.2 Å². The van der Waals surface area contributed by atoms with Gasteiger partial charge in [-0.25, -0.2) is 9.79 Å². The molecule has 1 aliphatic heterocycles. The maximum absolute atomic E-state index is 14.3. The van der Waals surface area contributed by atoms with Crippen LogP contribution in [-0.4, -0.2) is 23.2 Å². The summed E-state index contributed by atoms with van der Waals surface area (Å²) in [5.74, 6) is 0.487. The quantitative estimate of drug-likeness (QED) is 0.163. The number of allylic oxidation sites excluding steroid dienone is 1. The third-order valence-corrected chi connectivity index (χ3v) is 9.31. The molecule has 7 nitrogen and oxygen atoms in total. The van der Waals surface area contributed by atoms with Crippen LogP contribution >= 0.6 is 62.1 Å². The molecule has 45 heavy (non-hydrogen) atoms. The number of ether oxygens (including phenoxy) is 3. The van der Waals surface area contributed by atoms with Crippen LogP contribution in [0.2, 0.25) is 15.1 Å². The molecule has 3 aromatic carbocycles. The third kappa shape index (κ3) is 7.18. The minimum Gasteiger partial charge on any atom is -0.491 e. The minimum absolute atomic E-state index is 0.137. The molecule has 0 bridgehead atoms. The molecule has 0 saturated heterocycles. The maximum Gasteiger partial charge on any atom is 0.338 e. The highest BCUT2D eigenvalue weighted by Crippen LogP contribution is 2.37. The number of carbonyl (C=O) groups is 1. The van der Waals surface area contributed by atoms with Gasteiger partial charge in [-0.1, -0.05) is 70.4 Å². The van der Waals surface area contributed by atoms with Crippen LogP contribution in [0.15, 0.2) is 80.1 Å². The molecule has 5 rings (SSSR count). The zero-order chi connectivity index (χ0) is 32.4. The van der Waals surface area contributed by atoms with Gasteiger partial charge >= 0.3 is 5.97 Å². The fourth-order valence-electron chi connectivity index (χ4n) is 4.92. The van der Waals surface area contributed by atoms with Gasteiger partial charge in [0, 0.05) is 16.1 Å². The van der Waals surface area contributed by atoms with E-state index in [1.54, 1.807) is 44.2 Å². The second kappa shape index (κ2) is 14.1. The van der Waals surface area contributed by atoms with Crippen LogP contribution in [0.1, 0.15) is 50.4 Å². The number of thiazole rings is 1. The van der Waals surface area contributed by atoms with Crippen molar-refractivity contribution in [2.45, 2.75) is 46.4 Å². The van der Waals surface area contributed by atoms with E-state index in [4.69, 9.17) is 49.0 Å². The van der Waals surface area contributed by atoms with Crippen LogP contribution in [-0.2, 0) is 16.1 Å². The summed E-state index contributed by atoms with van der Waals surface area (Å²) in [4.78, 5) is 32.7. The summed E-state index contributed by atoms with van der Waals surface area (Å²) in [6.45, 7) is 7.67. The predicted octanol–water partition coefficient (Wildman–Crippen LogP) is 7.89. The fourth-order valence-corrected chi connectivity index (χ4v) is 7.23. The molecule has 12 heteroatoms. The molecule has 0 fully saturated rings. The molecule has 2 heterocycles. The van der Waals surface area contributed by atoms with E-state index >= 15 is 0 Å². The van der Waals surface area contributed by atoms with E-state index in [1.165, 1.54) is 15.9 Å². The Morgan fingerprint density at radius 1 is 1.11 bits per heavy atom. The Bertz CT molecular complexity index is 2000. The number of carbonyl (C=O) groups excluding carboxylic acids is 1. The molecule has 0 N–H and O–H groups in total. The molecule has 0 unspecified atom stereocenters. The lowest BCUT2D eigenvalue weighted by atomic mass is 9.95. The number of aromatic nitrogens is 1. The van der Waals surface area contributed by atoms with Crippen LogP contribution < -0.4 is 24.4 Å². The number of benzene rings is 3. The van der Waals surface area contributed by atoms with Gasteiger partial charge in [-0.05, 0) is 85.6 Å². The molecule has 0 spiro atoms. The van der Waals surface area contributed by atoms with Crippen LogP contribution in [0.4, 0.5) is 0 Å². The lowest BCUT2D eigenvalue weighted by molar-refractivity contribution is -0.139. The summed E-state index contributed by atoms with van der Waals surface area (Å²) < 4.78 is 20.2. The molecule has 1 aromatic heterocycles. The topological polar surface area (TPSA) is 79.1 Å². The average Bonchev–Trinajstić information content (AvgIpc) is 3.27. The molecule has 0 aliphatic carbocycles. The Balaban J connectivity index is 1.66. The zero-order valence-corrected chi connectivity index (χ0v) is 29.4. The lowest BCUT2D eigenvalue weighted by Gasteiger charge is -2.26. The van der Waals surface area contributed by atoms with Crippen molar-refractivity contribution in [1.82, 2.24) is 4.57 Å². The Labute approximate surface area is 287 Å². The first-order valence-corrected chi connectivity index (χ1v) is 16.7. The number of halogens is 4. The third-order valence-electron chi connectivity index (χ3n) is 6.78. The van der Waals surface area contributed by atoms with Gasteiger partial charge in [0.25, 0.3) is 5.56 Å². The molecule has 4 aromatic rings. The van der Waals surface area contributed by atoms with Gasteiger partial charge in [0.2, 0.25) is 0 Å². The molecular formula is C33H28BrCl3N2O5S. The lowest BCUT2D eigenvalue weighted by Crippen LogP contribution is -2.40. The first-order valence-electron chi connectivity index (χ1n) is 14.0. The molecule has 0 amide bonds. The van der Waals surface area contributed by atoms with Crippen molar-refractivity contribution in [3.05, 3.63) is 122 Å². The highest BCUT2D eigenvalue weighted by molar-refractivity contribution is 9.10. The summed E-state index contributed by atoms with van der Waals surface area (Å²) >= 11 is 23.5. The molecule has 1 atom stereocenters. The van der Waals surface area contributed by atoms with Gasteiger partial charge in [0.1, 0.15) is 24.1 Å². The number of rotatable bonds is 9. The van der Waals surface area contributed by atoms with Gasteiger partial charge in [-0.2, -0.15) is 0 Å². The standard InChI is InChI=1S/C33H28BrCl3N2O5S/c1-5-42-32(41)28-18(4)38-33-39(29(28)22-8-6-7-9-26(22)44-17(2)3)31(40)27(45-33)14-20-13-21(35)15-23(34)30(20)43-16-19-10-11-24(36)25(37)12-19/h6-15,17,29H,5,16H2,1-4H3/b27-14-/t29-/m0/s1. The second-order valence-electron chi connectivity index (χ2n) is 10.3. The Morgan fingerprint density at radius 2 is 1.87 bits per heavy atom. The van der Waals surface area contributed by atoms with Gasteiger partial charge < -0.3 is 14.2 Å². The van der Waals surface area contributed by atoms with Crippen molar-refractivity contribution >= 4 is 74.1 Å². The van der Waals surface area contributed by atoms with Crippen molar-refractivity contribution in [2.24, 2.45) is 4.99 Å². The molecular weight excluding hydrogens is 723 g/mol. The maximum atomic E-state index is 14.3. The monoisotopic (exact) mass is 748 g/mol. The van der Waals surface area contributed by atoms with Gasteiger partial charge in [-0.3, -0.25) is 9.36 Å². The first kappa shape index (κ1) is 33.3.